The number of ether oxygens (including phenoxy) is 3. The molecule has 6 unspecified atom stereocenters. The van der Waals surface area contributed by atoms with Crippen LogP contribution in [-0.4, -0.2) is 138 Å². The highest BCUT2D eigenvalue weighted by molar-refractivity contribution is 6.72. The van der Waals surface area contributed by atoms with E-state index in [0.29, 0.717) is 6.61 Å². The van der Waals surface area contributed by atoms with E-state index in [4.69, 9.17) is 45.2 Å². The fourth-order valence-corrected chi connectivity index (χ4v) is 12.6. The lowest BCUT2D eigenvalue weighted by atomic mass is 9.97. The van der Waals surface area contributed by atoms with E-state index in [1.807, 2.05) is 0 Å². The highest BCUT2D eigenvalue weighted by Crippen LogP contribution is 2.38. The Morgan fingerprint density at radius 2 is 0.686 bits per heavy atom. The standard InChI is InChI=1S/C33H78O11Si7/c1-45(2,3)35-22-24-26(28(41-48(10,11)12)30(32(34)37-24)43-50(16,17)18)39-33-31(44-51(19,20)21)29(42-49(13,14)15)27(40-47(7,8)9)25(38-33)23-36-46(4,5)6/h24-34H,22-23H2,1-21H3/t24?,25-,26?,27-,28?,29+,30?,31-,32?,33?/m0/s1. The topological polar surface area (TPSA) is 113 Å². The Morgan fingerprint density at radius 1 is 0.373 bits per heavy atom. The van der Waals surface area contributed by atoms with Gasteiger partial charge in [-0.2, -0.15) is 0 Å². The average Bonchev–Trinajstić information content (AvgIpc) is 2.84. The molecule has 0 spiro atoms. The molecule has 2 saturated heterocycles. The largest absolute Gasteiger partial charge is 0.415 e. The molecule has 2 aliphatic heterocycles. The van der Waals surface area contributed by atoms with Gasteiger partial charge in [0.05, 0.1) is 13.2 Å². The smallest absolute Gasteiger partial charge is 0.186 e. The van der Waals surface area contributed by atoms with E-state index in [1.54, 1.807) is 0 Å². The molecule has 0 aromatic heterocycles. The Kier molecular flexibility index (Phi) is 16.7. The van der Waals surface area contributed by atoms with E-state index in [-0.39, 0.29) is 6.61 Å². The molecular weight excluding hydrogens is 769 g/mol. The van der Waals surface area contributed by atoms with Crippen molar-refractivity contribution in [1.29, 1.82) is 0 Å². The molecule has 0 aliphatic carbocycles. The minimum absolute atomic E-state index is 0.229. The van der Waals surface area contributed by atoms with Gasteiger partial charge >= 0.3 is 0 Å². The second kappa shape index (κ2) is 17.7. The van der Waals surface area contributed by atoms with Gasteiger partial charge in [0.15, 0.2) is 70.8 Å². The average molecular weight is 848 g/mol. The number of aliphatic hydroxyl groups is 1. The zero-order valence-corrected chi connectivity index (χ0v) is 43.2. The molecule has 1 N–H and O–H groups in total. The molecule has 51 heavy (non-hydrogen) atoms. The summed E-state index contributed by atoms with van der Waals surface area (Å²) in [6.45, 7) is 45.9. The molecule has 18 heteroatoms. The van der Waals surface area contributed by atoms with Crippen LogP contribution in [0.15, 0.2) is 0 Å². The summed E-state index contributed by atoms with van der Waals surface area (Å²) in [4.78, 5) is 0. The van der Waals surface area contributed by atoms with Gasteiger partial charge in [0, 0.05) is 0 Å². The van der Waals surface area contributed by atoms with Crippen molar-refractivity contribution in [1.82, 2.24) is 0 Å². The second-order valence-corrected chi connectivity index (χ2v) is 52.4. The predicted molar refractivity (Wildman–Crippen MR) is 224 cm³/mol. The van der Waals surface area contributed by atoms with Crippen LogP contribution in [0.1, 0.15) is 0 Å². The monoisotopic (exact) mass is 846 g/mol. The van der Waals surface area contributed by atoms with Gasteiger partial charge < -0.3 is 50.3 Å². The van der Waals surface area contributed by atoms with Crippen LogP contribution in [0.3, 0.4) is 0 Å². The minimum Gasteiger partial charge on any atom is -0.415 e. The highest BCUT2D eigenvalue weighted by atomic mass is 28.4. The van der Waals surface area contributed by atoms with Gasteiger partial charge in [-0.15, -0.1) is 0 Å². The molecule has 0 aromatic rings. The van der Waals surface area contributed by atoms with Crippen LogP contribution < -0.4 is 0 Å². The molecule has 10 atom stereocenters. The first kappa shape index (κ1) is 48.2. The van der Waals surface area contributed by atoms with E-state index in [0.717, 1.165) is 0 Å². The third-order valence-corrected chi connectivity index (χ3v) is 14.3. The fraction of sp³-hybridized carbons (Fsp3) is 1.00. The molecule has 0 radical (unpaired) electrons. The maximum atomic E-state index is 11.5. The zero-order chi connectivity index (χ0) is 39.8. The van der Waals surface area contributed by atoms with Crippen molar-refractivity contribution in [2.75, 3.05) is 13.2 Å². The molecule has 11 nitrogen and oxygen atoms in total. The van der Waals surface area contributed by atoms with E-state index < -0.39 is 120 Å². The van der Waals surface area contributed by atoms with Crippen LogP contribution in [0, 0.1) is 0 Å². The van der Waals surface area contributed by atoms with Crippen molar-refractivity contribution in [3.8, 4) is 0 Å². The molecule has 0 aromatic carbocycles. The van der Waals surface area contributed by atoms with Gasteiger partial charge in [0.1, 0.15) is 48.8 Å². The maximum absolute atomic E-state index is 11.5. The third-order valence-electron chi connectivity index (χ3n) is 7.30. The predicted octanol–water partition coefficient (Wildman–Crippen LogP) is 7.62. The van der Waals surface area contributed by atoms with Gasteiger partial charge in [-0.3, -0.25) is 0 Å². The molecule has 0 bridgehead atoms. The number of hydrogen-bond acceptors (Lipinski definition) is 11. The summed E-state index contributed by atoms with van der Waals surface area (Å²) in [6, 6.07) is 0. The van der Waals surface area contributed by atoms with Crippen molar-refractivity contribution < 1.29 is 50.3 Å². The van der Waals surface area contributed by atoms with Crippen molar-refractivity contribution >= 4 is 58.2 Å². The molecule has 2 aliphatic rings. The summed E-state index contributed by atoms with van der Waals surface area (Å²) in [6.07, 6.45) is -6.86. The maximum Gasteiger partial charge on any atom is 0.186 e. The molecule has 0 saturated carbocycles. The van der Waals surface area contributed by atoms with Gasteiger partial charge in [-0.25, -0.2) is 0 Å². The van der Waals surface area contributed by atoms with Crippen LogP contribution in [0.4, 0.5) is 0 Å². The summed E-state index contributed by atoms with van der Waals surface area (Å²) in [5.41, 5.74) is 0. The number of hydrogen-bond donors (Lipinski definition) is 1. The van der Waals surface area contributed by atoms with E-state index in [2.05, 4.69) is 137 Å². The zero-order valence-electron chi connectivity index (χ0n) is 36.2. The third kappa shape index (κ3) is 18.3. The quantitative estimate of drug-likeness (QED) is 0.138. The van der Waals surface area contributed by atoms with Crippen LogP contribution in [0.2, 0.25) is 137 Å². The Labute approximate surface area is 319 Å². The summed E-state index contributed by atoms with van der Waals surface area (Å²) in [5.74, 6) is 0. The summed E-state index contributed by atoms with van der Waals surface area (Å²) in [5, 5.41) is 11.5. The summed E-state index contributed by atoms with van der Waals surface area (Å²) >= 11 is 0. The first-order valence-electron chi connectivity index (χ1n) is 18.8. The van der Waals surface area contributed by atoms with Crippen LogP contribution >= 0.6 is 0 Å². The molecule has 304 valence electrons. The lowest BCUT2D eigenvalue weighted by Crippen LogP contribution is -2.69. The first-order chi connectivity index (χ1) is 22.5. The van der Waals surface area contributed by atoms with E-state index in [9.17, 15) is 5.11 Å². The Bertz CT molecular complexity index is 1070. The fourth-order valence-electron chi connectivity index (χ4n) is 5.84. The van der Waals surface area contributed by atoms with Gasteiger partial charge in [-0.1, -0.05) is 0 Å². The van der Waals surface area contributed by atoms with Crippen molar-refractivity contribution in [2.24, 2.45) is 0 Å². The molecule has 2 heterocycles. The molecule has 0 amide bonds. The van der Waals surface area contributed by atoms with Gasteiger partial charge in [0.25, 0.3) is 0 Å². The minimum atomic E-state index is -2.23. The lowest BCUT2D eigenvalue weighted by Gasteiger charge is -2.53. The van der Waals surface area contributed by atoms with Crippen molar-refractivity contribution in [3.05, 3.63) is 0 Å². The normalized spacial score (nSPS) is 32.4. The molecule has 2 rings (SSSR count). The Balaban J connectivity index is 2.83. The van der Waals surface area contributed by atoms with Gasteiger partial charge in [-0.05, 0) is 137 Å². The van der Waals surface area contributed by atoms with E-state index in [1.165, 1.54) is 0 Å². The highest BCUT2D eigenvalue weighted by Gasteiger charge is 2.56. The summed E-state index contributed by atoms with van der Waals surface area (Å²) < 4.78 is 68.5. The lowest BCUT2D eigenvalue weighted by molar-refractivity contribution is -0.346. The molecule has 2 fully saturated rings. The summed E-state index contributed by atoms with van der Waals surface area (Å²) in [7, 11) is -14.9. The van der Waals surface area contributed by atoms with Crippen LogP contribution in [0.25, 0.3) is 0 Å². The van der Waals surface area contributed by atoms with E-state index >= 15 is 0 Å². The van der Waals surface area contributed by atoms with Crippen molar-refractivity contribution in [3.63, 3.8) is 0 Å². The first-order valence-corrected chi connectivity index (χ1v) is 42.7. The second-order valence-electron chi connectivity index (χ2n) is 21.0. The van der Waals surface area contributed by atoms with Crippen LogP contribution in [0.5, 0.6) is 0 Å². The number of rotatable bonds is 18. The van der Waals surface area contributed by atoms with Gasteiger partial charge in [0.2, 0.25) is 0 Å². The Hall–Kier alpha value is 1.08. The van der Waals surface area contributed by atoms with Crippen LogP contribution in [-0.2, 0) is 45.2 Å². The Morgan fingerprint density at radius 3 is 1.06 bits per heavy atom. The van der Waals surface area contributed by atoms with Crippen molar-refractivity contribution in [2.45, 2.75) is 199 Å². The molecular formula is C33H78O11Si7. The SMILES string of the molecule is C[Si](C)(C)OCC1OC(O)C(O[Si](C)(C)C)C(O[Si](C)(C)C)C1OC1O[C@@H](CO[Si](C)(C)C)[C@H](O[Si](C)(C)C)[C@@H](O[Si](C)(C)C)[C@@H]1O[Si](C)(C)C. The number of aliphatic hydroxyl groups excluding tert-OH is 1.